The average Bonchev–Trinajstić information content (AvgIpc) is 2.74. The van der Waals surface area contributed by atoms with Gasteiger partial charge in [0.1, 0.15) is 11.4 Å². The number of nitrogens with zero attached hydrogens (tertiary/aromatic N) is 3. The van der Waals surface area contributed by atoms with E-state index in [2.05, 4.69) is 15.3 Å². The first-order chi connectivity index (χ1) is 14.0. The molecular weight excluding hydrogens is 388 g/mol. The Bertz CT molecular complexity index is 1220. The number of rotatable bonds is 5. The maximum atomic E-state index is 12.8. The number of aromatic nitrogens is 3. The molecule has 7 heteroatoms. The number of methoxy groups -OCH3 is 1. The quantitative estimate of drug-likeness (QED) is 0.534. The fourth-order valence-electron chi connectivity index (χ4n) is 3.13. The summed E-state index contributed by atoms with van der Waals surface area (Å²) in [7, 11) is 3.34. The van der Waals surface area contributed by atoms with Crippen molar-refractivity contribution in [2.45, 2.75) is 6.42 Å². The van der Waals surface area contributed by atoms with E-state index >= 15 is 0 Å². The number of pyridine rings is 1. The lowest BCUT2D eigenvalue weighted by Crippen LogP contribution is -2.22. The van der Waals surface area contributed by atoms with Crippen LogP contribution >= 0.6 is 11.6 Å². The number of halogens is 1. The van der Waals surface area contributed by atoms with Gasteiger partial charge >= 0.3 is 0 Å². The molecule has 146 valence electrons. The van der Waals surface area contributed by atoms with Gasteiger partial charge in [-0.2, -0.15) is 4.98 Å². The summed E-state index contributed by atoms with van der Waals surface area (Å²) >= 11 is 5.94. The van der Waals surface area contributed by atoms with Crippen LogP contribution in [0.4, 0.5) is 11.6 Å². The highest BCUT2D eigenvalue weighted by atomic mass is 35.5. The molecule has 4 aromatic rings. The molecule has 0 aliphatic carbocycles. The monoisotopic (exact) mass is 406 g/mol. The van der Waals surface area contributed by atoms with E-state index in [4.69, 9.17) is 16.3 Å². The van der Waals surface area contributed by atoms with Crippen molar-refractivity contribution < 1.29 is 4.74 Å². The van der Waals surface area contributed by atoms with Crippen molar-refractivity contribution in [1.29, 1.82) is 0 Å². The molecule has 0 fully saturated rings. The Morgan fingerprint density at radius 2 is 1.83 bits per heavy atom. The van der Waals surface area contributed by atoms with E-state index in [1.54, 1.807) is 24.9 Å². The molecule has 0 saturated carbocycles. The Balaban J connectivity index is 1.65. The SMILES string of the molecule is COc1ccc(Nc2ncc3cc(Cc4ccc(Cl)cc4)c(=O)n(C)c3n2)cc1. The molecule has 0 aliphatic rings. The zero-order chi connectivity index (χ0) is 20.4. The summed E-state index contributed by atoms with van der Waals surface area (Å²) in [5, 5.41) is 4.62. The largest absolute Gasteiger partial charge is 0.497 e. The Morgan fingerprint density at radius 1 is 1.10 bits per heavy atom. The number of hydrogen-bond donors (Lipinski definition) is 1. The van der Waals surface area contributed by atoms with E-state index in [1.165, 1.54) is 0 Å². The van der Waals surface area contributed by atoms with Crippen molar-refractivity contribution in [3.8, 4) is 5.75 Å². The van der Waals surface area contributed by atoms with Crippen LogP contribution in [0.25, 0.3) is 11.0 Å². The maximum Gasteiger partial charge on any atom is 0.255 e. The number of fused-ring (bicyclic) bond motifs is 1. The van der Waals surface area contributed by atoms with Gasteiger partial charge in [0.05, 0.1) is 7.11 Å². The van der Waals surface area contributed by atoms with E-state index in [9.17, 15) is 4.79 Å². The highest BCUT2D eigenvalue weighted by molar-refractivity contribution is 6.30. The van der Waals surface area contributed by atoms with E-state index in [1.807, 2.05) is 54.6 Å². The second-order valence-electron chi connectivity index (χ2n) is 6.66. The summed E-state index contributed by atoms with van der Waals surface area (Å²) in [6, 6.07) is 16.8. The van der Waals surface area contributed by atoms with Gasteiger partial charge in [0.15, 0.2) is 0 Å². The lowest BCUT2D eigenvalue weighted by molar-refractivity contribution is 0.415. The Kier molecular flexibility index (Phi) is 5.18. The summed E-state index contributed by atoms with van der Waals surface area (Å²) in [5.41, 5.74) is 3.02. The molecule has 1 N–H and O–H groups in total. The summed E-state index contributed by atoms with van der Waals surface area (Å²) in [6.07, 6.45) is 2.24. The van der Waals surface area contributed by atoms with Crippen LogP contribution in [0.2, 0.25) is 5.02 Å². The highest BCUT2D eigenvalue weighted by Crippen LogP contribution is 2.20. The molecule has 0 spiro atoms. The number of aryl methyl sites for hydroxylation is 1. The Morgan fingerprint density at radius 3 is 2.52 bits per heavy atom. The number of benzene rings is 2. The van der Waals surface area contributed by atoms with Crippen molar-refractivity contribution in [3.05, 3.63) is 87.3 Å². The number of nitrogens with one attached hydrogen (secondary N) is 1. The van der Waals surface area contributed by atoms with Gasteiger partial charge in [-0.1, -0.05) is 23.7 Å². The Labute approximate surface area is 172 Å². The minimum absolute atomic E-state index is 0.0819. The average molecular weight is 407 g/mol. The van der Waals surface area contributed by atoms with Crippen molar-refractivity contribution in [2.75, 3.05) is 12.4 Å². The molecule has 0 aliphatic heterocycles. The molecule has 0 radical (unpaired) electrons. The van der Waals surface area contributed by atoms with Crippen LogP contribution in [0.5, 0.6) is 5.75 Å². The van der Waals surface area contributed by atoms with Crippen LogP contribution in [0, 0.1) is 0 Å². The van der Waals surface area contributed by atoms with Crippen LogP contribution < -0.4 is 15.6 Å². The van der Waals surface area contributed by atoms with Crippen molar-refractivity contribution in [3.63, 3.8) is 0 Å². The predicted octanol–water partition coefficient (Wildman–Crippen LogP) is 4.32. The van der Waals surface area contributed by atoms with Crippen LogP contribution in [-0.4, -0.2) is 21.6 Å². The van der Waals surface area contributed by atoms with Crippen molar-refractivity contribution in [2.24, 2.45) is 7.05 Å². The minimum atomic E-state index is -0.0819. The second kappa shape index (κ2) is 7.93. The van der Waals surface area contributed by atoms with Crippen LogP contribution in [0.1, 0.15) is 11.1 Å². The van der Waals surface area contributed by atoms with Gasteiger partial charge in [-0.3, -0.25) is 9.36 Å². The molecule has 2 heterocycles. The summed E-state index contributed by atoms with van der Waals surface area (Å²) in [4.78, 5) is 21.8. The second-order valence-corrected chi connectivity index (χ2v) is 7.10. The third kappa shape index (κ3) is 4.07. The standard InChI is InChI=1S/C22H19ClN4O2/c1-27-20-16(12-15(21(27)28)11-14-3-5-17(23)6-4-14)13-24-22(26-20)25-18-7-9-19(29-2)10-8-18/h3-10,12-13H,11H2,1-2H3,(H,24,25,26). The Hall–Kier alpha value is -3.38. The fourth-order valence-corrected chi connectivity index (χ4v) is 3.25. The van der Waals surface area contributed by atoms with Gasteiger partial charge in [-0.05, 0) is 48.0 Å². The van der Waals surface area contributed by atoms with E-state index in [-0.39, 0.29) is 5.56 Å². The molecule has 0 bridgehead atoms. The zero-order valence-corrected chi connectivity index (χ0v) is 16.8. The molecule has 0 atom stereocenters. The first-order valence-electron chi connectivity index (χ1n) is 9.04. The van der Waals surface area contributed by atoms with E-state index in [0.29, 0.717) is 28.6 Å². The molecule has 2 aromatic carbocycles. The summed E-state index contributed by atoms with van der Waals surface area (Å²) in [6.45, 7) is 0. The third-order valence-electron chi connectivity index (χ3n) is 4.68. The lowest BCUT2D eigenvalue weighted by atomic mass is 10.1. The minimum Gasteiger partial charge on any atom is -0.497 e. The van der Waals surface area contributed by atoms with Crippen molar-refractivity contribution in [1.82, 2.24) is 14.5 Å². The van der Waals surface area contributed by atoms with Gasteiger partial charge < -0.3 is 10.1 Å². The number of hydrogen-bond acceptors (Lipinski definition) is 5. The number of anilines is 2. The van der Waals surface area contributed by atoms with Crippen LogP contribution in [0.3, 0.4) is 0 Å². The van der Waals surface area contributed by atoms with Gasteiger partial charge in [0, 0.05) is 41.3 Å². The van der Waals surface area contributed by atoms with Gasteiger partial charge in [-0.15, -0.1) is 0 Å². The maximum absolute atomic E-state index is 12.8. The molecule has 2 aromatic heterocycles. The first-order valence-corrected chi connectivity index (χ1v) is 9.42. The molecule has 6 nitrogen and oxygen atoms in total. The normalized spacial score (nSPS) is 10.9. The highest BCUT2D eigenvalue weighted by Gasteiger charge is 2.10. The van der Waals surface area contributed by atoms with Crippen LogP contribution in [-0.2, 0) is 13.5 Å². The molecule has 4 rings (SSSR count). The van der Waals surface area contributed by atoms with E-state index in [0.717, 1.165) is 22.4 Å². The predicted molar refractivity (Wildman–Crippen MR) is 115 cm³/mol. The van der Waals surface area contributed by atoms with Gasteiger partial charge in [0.25, 0.3) is 5.56 Å². The first kappa shape index (κ1) is 19.0. The molecule has 29 heavy (non-hydrogen) atoms. The summed E-state index contributed by atoms with van der Waals surface area (Å²) < 4.78 is 6.72. The molecular formula is C22H19ClN4O2. The summed E-state index contributed by atoms with van der Waals surface area (Å²) in [5.74, 6) is 1.19. The lowest BCUT2D eigenvalue weighted by Gasteiger charge is -2.10. The smallest absolute Gasteiger partial charge is 0.255 e. The van der Waals surface area contributed by atoms with Gasteiger partial charge in [-0.25, -0.2) is 4.98 Å². The fraction of sp³-hybridized carbons (Fsp3) is 0.136. The number of ether oxygens (including phenoxy) is 1. The van der Waals surface area contributed by atoms with Crippen LogP contribution in [0.15, 0.2) is 65.6 Å². The molecule has 0 saturated heterocycles. The molecule has 0 amide bonds. The van der Waals surface area contributed by atoms with Gasteiger partial charge in [0.2, 0.25) is 5.95 Å². The van der Waals surface area contributed by atoms with Crippen molar-refractivity contribution >= 4 is 34.3 Å². The molecule has 0 unspecified atom stereocenters. The topological polar surface area (TPSA) is 69.0 Å². The third-order valence-corrected chi connectivity index (χ3v) is 4.93. The zero-order valence-electron chi connectivity index (χ0n) is 16.0. The van der Waals surface area contributed by atoms with E-state index < -0.39 is 0 Å².